The molecule has 0 saturated heterocycles. The Kier molecular flexibility index (Phi) is 11.9. The average molecular weight is 735 g/mol. The van der Waals surface area contributed by atoms with Crippen LogP contribution in [-0.4, -0.2) is 47.2 Å². The molecule has 0 bridgehead atoms. The Morgan fingerprint density at radius 1 is 1.00 bits per heavy atom. The van der Waals surface area contributed by atoms with E-state index in [1.807, 2.05) is 42.5 Å². The number of nitrogens with zero attached hydrogens (tertiary/aromatic N) is 3. The molecule has 2 atom stereocenters. The monoisotopic (exact) mass is 733 g/mol. The van der Waals surface area contributed by atoms with Gasteiger partial charge in [0.2, 0.25) is 6.10 Å². The minimum atomic E-state index is -1.30. The Labute approximate surface area is 272 Å². The van der Waals surface area contributed by atoms with Gasteiger partial charge in [-0.25, -0.2) is 4.79 Å². The van der Waals surface area contributed by atoms with Gasteiger partial charge < -0.3 is 28.6 Å². The van der Waals surface area contributed by atoms with Crippen LogP contribution in [0.4, 0.5) is 0 Å². The normalized spacial score (nSPS) is 12.5. The maximum atomic E-state index is 12.3. The molecule has 0 aliphatic heterocycles. The lowest BCUT2D eigenvalue weighted by atomic mass is 10.1. The molecule has 0 aliphatic rings. The van der Waals surface area contributed by atoms with E-state index in [0.29, 0.717) is 38.3 Å². The highest BCUT2D eigenvalue weighted by molar-refractivity contribution is 9.11. The van der Waals surface area contributed by atoms with Crippen LogP contribution in [0.25, 0.3) is 0 Å². The molecule has 1 N–H and O–H groups in total. The molecule has 43 heavy (non-hydrogen) atoms. The highest BCUT2D eigenvalue weighted by Crippen LogP contribution is 2.45. The van der Waals surface area contributed by atoms with Gasteiger partial charge in [-0.15, -0.1) is 10.2 Å². The predicted molar refractivity (Wildman–Crippen MR) is 172 cm³/mol. The van der Waals surface area contributed by atoms with Crippen molar-refractivity contribution in [2.24, 2.45) is 0 Å². The molecule has 0 fully saturated rings. The van der Waals surface area contributed by atoms with Crippen molar-refractivity contribution in [2.45, 2.75) is 49.4 Å². The fourth-order valence-corrected chi connectivity index (χ4v) is 6.67. The quantitative estimate of drug-likeness (QED) is 0.0966. The van der Waals surface area contributed by atoms with Crippen molar-refractivity contribution in [1.29, 1.82) is 0 Å². The number of ether oxygens (including phenoxy) is 4. The summed E-state index contributed by atoms with van der Waals surface area (Å²) in [7, 11) is 4.68. The smallest absolute Gasteiger partial charge is 0.349 e. The lowest BCUT2D eigenvalue weighted by molar-refractivity contribution is -0.145. The fraction of sp³-hybridized carbons (Fsp3) is 0.323. The van der Waals surface area contributed by atoms with E-state index >= 15 is 0 Å². The molecule has 4 rings (SSSR count). The standard InChI is InChI=1S/C31H33Br2N3O6S/c1-5-6-12-24-34-35-31(43-30(41-4)20-10-8-7-9-11-20)36(24)18-19-13-15-21(16-14-19)42-26(29(37)38)22-17-23(32)27(39-2)28(40-3)25(22)33/h7-11,13-17,26,30H,5-6,12,18H2,1-4H3,(H,37,38). The third-order valence-electron chi connectivity index (χ3n) is 6.64. The number of hydrogen-bond donors (Lipinski definition) is 1. The first-order chi connectivity index (χ1) is 20.8. The molecule has 4 aromatic rings. The van der Waals surface area contributed by atoms with Crippen LogP contribution in [0.3, 0.4) is 0 Å². The predicted octanol–water partition coefficient (Wildman–Crippen LogP) is 7.85. The third kappa shape index (κ3) is 7.91. The second kappa shape index (κ2) is 15.6. The molecular formula is C31H33Br2N3O6S. The van der Waals surface area contributed by atoms with Crippen LogP contribution in [0.1, 0.15) is 53.8 Å². The van der Waals surface area contributed by atoms with Crippen molar-refractivity contribution in [1.82, 2.24) is 14.8 Å². The largest absolute Gasteiger partial charge is 0.492 e. The van der Waals surface area contributed by atoms with Gasteiger partial charge in [-0.1, -0.05) is 55.8 Å². The first kappa shape index (κ1) is 32.8. The third-order valence-corrected chi connectivity index (χ3v) is 9.24. The average Bonchev–Trinajstić information content (AvgIpc) is 3.39. The van der Waals surface area contributed by atoms with Gasteiger partial charge in [0.05, 0.1) is 29.7 Å². The van der Waals surface area contributed by atoms with Crippen LogP contribution in [-0.2, 0) is 22.5 Å². The Bertz CT molecular complexity index is 1520. The van der Waals surface area contributed by atoms with Crippen molar-refractivity contribution in [2.75, 3.05) is 21.3 Å². The summed E-state index contributed by atoms with van der Waals surface area (Å²) in [6.07, 6.45) is 1.55. The Morgan fingerprint density at radius 2 is 1.70 bits per heavy atom. The minimum Gasteiger partial charge on any atom is -0.492 e. The maximum absolute atomic E-state index is 12.3. The number of carbonyl (C=O) groups is 1. The summed E-state index contributed by atoms with van der Waals surface area (Å²) in [6.45, 7) is 2.69. The molecule has 9 nitrogen and oxygen atoms in total. The molecule has 1 heterocycles. The Hall–Kier alpha value is -3.06. The van der Waals surface area contributed by atoms with Crippen LogP contribution >= 0.6 is 43.6 Å². The van der Waals surface area contributed by atoms with Gasteiger partial charge in [-0.3, -0.25) is 0 Å². The molecule has 0 amide bonds. The number of aromatic nitrogens is 3. The van der Waals surface area contributed by atoms with Crippen LogP contribution < -0.4 is 14.2 Å². The van der Waals surface area contributed by atoms with Crippen molar-refractivity contribution < 1.29 is 28.8 Å². The van der Waals surface area contributed by atoms with E-state index in [4.69, 9.17) is 18.9 Å². The van der Waals surface area contributed by atoms with Gasteiger partial charge in [0.25, 0.3) is 0 Å². The van der Waals surface area contributed by atoms with Gasteiger partial charge in [-0.05, 0) is 79.4 Å². The highest BCUT2D eigenvalue weighted by atomic mass is 79.9. The SMILES string of the molecule is CCCCc1nnc(SC(OC)c2ccccc2)n1Cc1ccc(OC(C(=O)O)c2cc(Br)c(OC)c(OC)c2Br)cc1. The lowest BCUT2D eigenvalue weighted by Crippen LogP contribution is -2.19. The molecule has 228 valence electrons. The number of carboxylic acid groups (broad SMARTS) is 1. The first-order valence-electron chi connectivity index (χ1n) is 13.6. The zero-order chi connectivity index (χ0) is 30.9. The zero-order valence-electron chi connectivity index (χ0n) is 24.3. The summed E-state index contributed by atoms with van der Waals surface area (Å²) in [6, 6.07) is 19.0. The lowest BCUT2D eigenvalue weighted by Gasteiger charge is -2.20. The number of rotatable bonds is 15. The zero-order valence-corrected chi connectivity index (χ0v) is 28.2. The minimum absolute atomic E-state index is 0.233. The van der Waals surface area contributed by atoms with Crippen LogP contribution in [0, 0.1) is 0 Å². The Balaban J connectivity index is 1.57. The maximum Gasteiger partial charge on any atom is 0.349 e. The number of methoxy groups -OCH3 is 3. The molecule has 1 aromatic heterocycles. The number of aryl methyl sites for hydroxylation is 1. The van der Waals surface area contributed by atoms with Gasteiger partial charge in [0, 0.05) is 19.1 Å². The highest BCUT2D eigenvalue weighted by Gasteiger charge is 2.29. The van der Waals surface area contributed by atoms with Crippen LogP contribution in [0.15, 0.2) is 74.8 Å². The summed E-state index contributed by atoms with van der Waals surface area (Å²) in [5.41, 5.74) is 2.17. The number of thioether (sulfide) groups is 1. The number of halogens is 2. The van der Waals surface area contributed by atoms with Crippen molar-refractivity contribution >= 4 is 49.6 Å². The molecule has 0 aliphatic carbocycles. The van der Waals surface area contributed by atoms with Gasteiger partial charge in [0.15, 0.2) is 16.7 Å². The number of unbranched alkanes of at least 4 members (excludes halogenated alkanes) is 1. The number of carboxylic acids is 1. The molecule has 0 radical (unpaired) electrons. The van der Waals surface area contributed by atoms with Crippen LogP contribution in [0.2, 0.25) is 0 Å². The number of benzene rings is 3. The summed E-state index contributed by atoms with van der Waals surface area (Å²) < 4.78 is 25.7. The van der Waals surface area contributed by atoms with Crippen molar-refractivity contribution in [3.05, 3.63) is 92.1 Å². The van der Waals surface area contributed by atoms with E-state index in [9.17, 15) is 9.90 Å². The first-order valence-corrected chi connectivity index (χ1v) is 16.0. The summed E-state index contributed by atoms with van der Waals surface area (Å²) >= 11 is 8.42. The topological polar surface area (TPSA) is 105 Å². The van der Waals surface area contributed by atoms with Crippen molar-refractivity contribution in [3.63, 3.8) is 0 Å². The Morgan fingerprint density at radius 3 is 2.30 bits per heavy atom. The second-order valence-corrected chi connectivity index (χ2v) is 12.2. The van der Waals surface area contributed by atoms with Gasteiger partial charge in [-0.2, -0.15) is 0 Å². The summed E-state index contributed by atoms with van der Waals surface area (Å²) in [4.78, 5) is 12.3. The molecular weight excluding hydrogens is 702 g/mol. The van der Waals surface area contributed by atoms with E-state index in [2.05, 4.69) is 53.5 Å². The van der Waals surface area contributed by atoms with E-state index in [-0.39, 0.29) is 5.44 Å². The van der Waals surface area contributed by atoms with Crippen molar-refractivity contribution in [3.8, 4) is 17.2 Å². The van der Waals surface area contributed by atoms with Gasteiger partial charge >= 0.3 is 5.97 Å². The fourth-order valence-electron chi connectivity index (χ4n) is 4.45. The van der Waals surface area contributed by atoms with E-state index in [0.717, 1.165) is 41.4 Å². The van der Waals surface area contributed by atoms with E-state index in [1.165, 1.54) is 26.0 Å². The van der Waals surface area contributed by atoms with Crippen LogP contribution in [0.5, 0.6) is 17.2 Å². The van der Waals surface area contributed by atoms with E-state index < -0.39 is 12.1 Å². The second-order valence-electron chi connectivity index (χ2n) is 9.49. The molecule has 12 heteroatoms. The summed E-state index contributed by atoms with van der Waals surface area (Å²) in [5, 5.41) is 19.8. The van der Waals surface area contributed by atoms with Gasteiger partial charge in [0.1, 0.15) is 17.0 Å². The molecule has 3 aromatic carbocycles. The number of aliphatic carboxylic acids is 1. The molecule has 2 unspecified atom stereocenters. The molecule has 0 saturated carbocycles. The van der Waals surface area contributed by atoms with E-state index in [1.54, 1.807) is 25.3 Å². The number of hydrogen-bond acceptors (Lipinski definition) is 8. The summed E-state index contributed by atoms with van der Waals surface area (Å²) in [5.74, 6) is 0.963. The molecule has 0 spiro atoms.